The molecule has 0 saturated carbocycles. The highest BCUT2D eigenvalue weighted by atomic mass is 32.2. The number of rotatable bonds is 6. The summed E-state index contributed by atoms with van der Waals surface area (Å²) >= 11 is 2.56. The maximum atomic E-state index is 11.8. The van der Waals surface area contributed by atoms with Crippen molar-refractivity contribution in [3.63, 3.8) is 0 Å². The molecule has 1 aromatic heterocycles. The Kier molecular flexibility index (Phi) is 6.02. The van der Waals surface area contributed by atoms with Crippen LogP contribution in [0, 0.1) is 0 Å². The van der Waals surface area contributed by atoms with E-state index in [1.807, 2.05) is 0 Å². The molecule has 0 bridgehead atoms. The number of nitrogens with zero attached hydrogens (tertiary/aromatic N) is 1. The third-order valence-electron chi connectivity index (χ3n) is 2.71. The molecule has 1 fully saturated rings. The van der Waals surface area contributed by atoms with E-state index >= 15 is 0 Å². The molecule has 2 rings (SSSR count). The van der Waals surface area contributed by atoms with Crippen LogP contribution in [0.15, 0.2) is 28.6 Å². The van der Waals surface area contributed by atoms with Crippen molar-refractivity contribution >= 4 is 40.9 Å². The van der Waals surface area contributed by atoms with Gasteiger partial charge in [0.2, 0.25) is 5.91 Å². The molecule has 0 aromatic carbocycles. The van der Waals surface area contributed by atoms with E-state index < -0.39 is 11.9 Å². The summed E-state index contributed by atoms with van der Waals surface area (Å²) in [5, 5.41) is 2.31. The Morgan fingerprint density at radius 2 is 2.23 bits per heavy atom. The molecule has 118 valence electrons. The number of thiophene rings is 1. The lowest BCUT2D eigenvalue weighted by Crippen LogP contribution is -2.29. The fraction of sp³-hybridized carbons (Fsp3) is 0.357. The molecule has 1 saturated heterocycles. The zero-order valence-electron chi connectivity index (χ0n) is 11.9. The molecule has 0 N–H and O–H groups in total. The fourth-order valence-corrected chi connectivity index (χ4v) is 3.32. The molecule has 2 heterocycles. The van der Waals surface area contributed by atoms with E-state index in [1.54, 1.807) is 24.4 Å². The van der Waals surface area contributed by atoms with Crippen LogP contribution in [0.5, 0.6) is 0 Å². The second-order valence-electron chi connectivity index (χ2n) is 4.18. The van der Waals surface area contributed by atoms with Crippen LogP contribution < -0.4 is 0 Å². The Hall–Kier alpha value is -1.80. The summed E-state index contributed by atoms with van der Waals surface area (Å²) in [6, 6.07) is 3.44. The summed E-state index contributed by atoms with van der Waals surface area (Å²) in [6.07, 6.45) is 1.29. The molecule has 0 spiro atoms. The average molecular weight is 341 g/mol. The molecule has 0 unspecified atom stereocenters. The topological polar surface area (TPSA) is 72.9 Å². The van der Waals surface area contributed by atoms with Gasteiger partial charge in [0.05, 0.1) is 30.0 Å². The van der Waals surface area contributed by atoms with Crippen molar-refractivity contribution < 1.29 is 23.9 Å². The highest BCUT2D eigenvalue weighted by Gasteiger charge is 2.27. The second kappa shape index (κ2) is 8.00. The summed E-state index contributed by atoms with van der Waals surface area (Å²) in [6.45, 7) is 2.28. The number of amides is 1. The van der Waals surface area contributed by atoms with Gasteiger partial charge < -0.3 is 14.4 Å². The van der Waals surface area contributed by atoms with Gasteiger partial charge in [-0.15, -0.1) is 11.3 Å². The van der Waals surface area contributed by atoms with Gasteiger partial charge in [0.15, 0.2) is 0 Å². The number of hydrogen-bond donors (Lipinski definition) is 0. The number of carbonyl (C=O) groups excluding carboxylic acids is 3. The molecule has 0 aliphatic carbocycles. The Morgan fingerprint density at radius 3 is 2.91 bits per heavy atom. The average Bonchev–Trinajstić information content (AvgIpc) is 3.12. The van der Waals surface area contributed by atoms with Crippen molar-refractivity contribution in [1.29, 1.82) is 0 Å². The quantitative estimate of drug-likeness (QED) is 0.581. The van der Waals surface area contributed by atoms with Gasteiger partial charge in [-0.1, -0.05) is 17.8 Å². The summed E-state index contributed by atoms with van der Waals surface area (Å²) in [4.78, 5) is 36.9. The zero-order chi connectivity index (χ0) is 15.9. The first-order valence-corrected chi connectivity index (χ1v) is 8.50. The first-order valence-electron chi connectivity index (χ1n) is 6.64. The Morgan fingerprint density at radius 1 is 1.41 bits per heavy atom. The van der Waals surface area contributed by atoms with Crippen LogP contribution in [0.2, 0.25) is 0 Å². The van der Waals surface area contributed by atoms with Crippen molar-refractivity contribution in [3.8, 4) is 0 Å². The number of esters is 2. The van der Waals surface area contributed by atoms with Gasteiger partial charge in [0.25, 0.3) is 0 Å². The van der Waals surface area contributed by atoms with E-state index in [1.165, 1.54) is 34.1 Å². The molecule has 6 nitrogen and oxygen atoms in total. The summed E-state index contributed by atoms with van der Waals surface area (Å²) in [5.41, 5.74) is 0. The summed E-state index contributed by atoms with van der Waals surface area (Å²) < 4.78 is 9.95. The molecular formula is C14H15NO5S2. The molecular weight excluding hydrogens is 326 g/mol. The van der Waals surface area contributed by atoms with E-state index in [-0.39, 0.29) is 31.4 Å². The smallest absolute Gasteiger partial charge is 0.348 e. The number of hydrogen-bond acceptors (Lipinski definition) is 7. The van der Waals surface area contributed by atoms with Gasteiger partial charge in [0.1, 0.15) is 11.5 Å². The SMILES string of the molecule is CCOC(=O)/C=C1/SCC(=O)N1CCOC(=O)c1cccs1. The van der Waals surface area contributed by atoms with Crippen LogP contribution >= 0.6 is 23.1 Å². The third kappa shape index (κ3) is 4.35. The zero-order valence-corrected chi connectivity index (χ0v) is 13.6. The number of thioether (sulfide) groups is 1. The predicted octanol–water partition coefficient (Wildman–Crippen LogP) is 1.88. The van der Waals surface area contributed by atoms with Gasteiger partial charge in [-0.2, -0.15) is 0 Å². The third-order valence-corrected chi connectivity index (χ3v) is 4.58. The van der Waals surface area contributed by atoms with Crippen LogP contribution in [0.3, 0.4) is 0 Å². The fourth-order valence-electron chi connectivity index (χ4n) is 1.75. The predicted molar refractivity (Wildman–Crippen MR) is 83.5 cm³/mol. The molecule has 8 heteroatoms. The molecule has 1 aliphatic heterocycles. The molecule has 1 amide bonds. The minimum Gasteiger partial charge on any atom is -0.463 e. The lowest BCUT2D eigenvalue weighted by molar-refractivity contribution is -0.137. The van der Waals surface area contributed by atoms with Crippen LogP contribution in [-0.4, -0.2) is 48.3 Å². The van der Waals surface area contributed by atoms with Crippen molar-refractivity contribution in [1.82, 2.24) is 4.90 Å². The monoisotopic (exact) mass is 341 g/mol. The van der Waals surface area contributed by atoms with Gasteiger partial charge in [0, 0.05) is 0 Å². The highest BCUT2D eigenvalue weighted by Crippen LogP contribution is 2.28. The van der Waals surface area contributed by atoms with Crippen LogP contribution in [-0.2, 0) is 19.1 Å². The van der Waals surface area contributed by atoms with E-state index in [2.05, 4.69) is 0 Å². The molecule has 0 atom stereocenters. The summed E-state index contributed by atoms with van der Waals surface area (Å²) in [5.74, 6) is -0.748. The minimum absolute atomic E-state index is 0.0726. The Bertz CT molecular complexity index is 582. The van der Waals surface area contributed by atoms with Crippen molar-refractivity contribution in [2.45, 2.75) is 6.92 Å². The van der Waals surface area contributed by atoms with Gasteiger partial charge in [-0.25, -0.2) is 9.59 Å². The van der Waals surface area contributed by atoms with Crippen molar-refractivity contribution in [2.75, 3.05) is 25.5 Å². The van der Waals surface area contributed by atoms with Gasteiger partial charge >= 0.3 is 11.9 Å². The first-order chi connectivity index (χ1) is 10.6. The summed E-state index contributed by atoms with van der Waals surface area (Å²) in [7, 11) is 0. The minimum atomic E-state index is -0.486. The Labute approximate surface area is 136 Å². The number of ether oxygens (including phenoxy) is 2. The second-order valence-corrected chi connectivity index (χ2v) is 6.13. The van der Waals surface area contributed by atoms with Gasteiger partial charge in [-0.3, -0.25) is 4.79 Å². The standard InChI is InChI=1S/C14H15NO5S2/c1-2-19-13(17)8-12-15(11(16)9-22-12)5-6-20-14(18)10-4-3-7-21-10/h3-4,7-8H,2,5-6,9H2,1H3/b12-8+. The molecule has 0 radical (unpaired) electrons. The highest BCUT2D eigenvalue weighted by molar-refractivity contribution is 8.04. The maximum absolute atomic E-state index is 11.8. The van der Waals surface area contributed by atoms with E-state index in [4.69, 9.17) is 9.47 Å². The first kappa shape index (κ1) is 16.6. The molecule has 22 heavy (non-hydrogen) atoms. The van der Waals surface area contributed by atoms with Crippen LogP contribution in [0.1, 0.15) is 16.6 Å². The molecule has 1 aromatic rings. The largest absolute Gasteiger partial charge is 0.463 e. The van der Waals surface area contributed by atoms with Crippen LogP contribution in [0.25, 0.3) is 0 Å². The lowest BCUT2D eigenvalue weighted by atomic mass is 10.4. The Balaban J connectivity index is 1.88. The number of carbonyl (C=O) groups is 3. The normalized spacial score (nSPS) is 16.1. The van der Waals surface area contributed by atoms with E-state index in [9.17, 15) is 14.4 Å². The van der Waals surface area contributed by atoms with E-state index in [0.29, 0.717) is 9.91 Å². The van der Waals surface area contributed by atoms with Crippen LogP contribution in [0.4, 0.5) is 0 Å². The molecule has 1 aliphatic rings. The van der Waals surface area contributed by atoms with Crippen molar-refractivity contribution in [3.05, 3.63) is 33.5 Å². The van der Waals surface area contributed by atoms with Crippen molar-refractivity contribution in [2.24, 2.45) is 0 Å². The van der Waals surface area contributed by atoms with E-state index in [0.717, 1.165) is 0 Å². The lowest BCUT2D eigenvalue weighted by Gasteiger charge is -2.16. The maximum Gasteiger partial charge on any atom is 0.348 e. The van der Waals surface area contributed by atoms with Gasteiger partial charge in [-0.05, 0) is 18.4 Å².